The van der Waals surface area contributed by atoms with Gasteiger partial charge < -0.3 is 9.47 Å². The maximum Gasteiger partial charge on any atom is 0.231 e. The molecule has 0 fully saturated rings. The molecule has 0 aliphatic carbocycles. The summed E-state index contributed by atoms with van der Waals surface area (Å²) in [5.74, 6) is 14.0. The molecule has 31 heavy (non-hydrogen) atoms. The van der Waals surface area contributed by atoms with Gasteiger partial charge in [-0.2, -0.15) is 0 Å². The fourth-order valence-corrected chi connectivity index (χ4v) is 3.02. The second-order valence-corrected chi connectivity index (χ2v) is 6.80. The first kappa shape index (κ1) is 18.5. The molecule has 4 nitrogen and oxygen atoms in total. The second kappa shape index (κ2) is 8.45. The quantitative estimate of drug-likeness (QED) is 0.436. The maximum absolute atomic E-state index is 5.38. The highest BCUT2D eigenvalue weighted by molar-refractivity contribution is 5.57. The number of ether oxygens (including phenoxy) is 2. The van der Waals surface area contributed by atoms with Crippen molar-refractivity contribution < 1.29 is 9.47 Å². The number of hydrogen-bond acceptors (Lipinski definition) is 4. The van der Waals surface area contributed by atoms with Crippen molar-refractivity contribution in [1.82, 2.24) is 9.97 Å². The molecular weight excluding hydrogens is 384 g/mol. The van der Waals surface area contributed by atoms with Crippen LogP contribution in [-0.2, 0) is 0 Å². The lowest BCUT2D eigenvalue weighted by atomic mass is 10.1. The Morgan fingerprint density at radius 2 is 1.13 bits per heavy atom. The van der Waals surface area contributed by atoms with Gasteiger partial charge in [0.25, 0.3) is 0 Å². The monoisotopic (exact) mass is 400 g/mol. The highest BCUT2D eigenvalue weighted by Crippen LogP contribution is 2.32. The summed E-state index contributed by atoms with van der Waals surface area (Å²) in [5, 5.41) is 0. The van der Waals surface area contributed by atoms with Crippen LogP contribution >= 0.6 is 0 Å². The van der Waals surface area contributed by atoms with E-state index in [0.29, 0.717) is 0 Å². The number of fused-ring (bicyclic) bond motifs is 1. The van der Waals surface area contributed by atoms with E-state index in [1.807, 2.05) is 72.8 Å². The van der Waals surface area contributed by atoms with E-state index in [9.17, 15) is 0 Å². The first-order valence-electron chi connectivity index (χ1n) is 9.75. The van der Waals surface area contributed by atoms with Crippen LogP contribution in [0.25, 0.3) is 11.4 Å². The summed E-state index contributed by atoms with van der Waals surface area (Å²) in [4.78, 5) is 8.99. The first-order chi connectivity index (χ1) is 15.3. The summed E-state index contributed by atoms with van der Waals surface area (Å²) in [6, 6.07) is 23.3. The zero-order valence-corrected chi connectivity index (χ0v) is 16.5. The van der Waals surface area contributed by atoms with Crippen molar-refractivity contribution in [2.24, 2.45) is 0 Å². The third-order valence-corrected chi connectivity index (χ3v) is 4.64. The highest BCUT2D eigenvalue weighted by atomic mass is 16.7. The molecule has 1 aliphatic rings. The molecule has 0 radical (unpaired) electrons. The Kier molecular flexibility index (Phi) is 5.04. The van der Waals surface area contributed by atoms with Crippen molar-refractivity contribution in [3.8, 4) is 46.6 Å². The number of benzene rings is 2. The molecule has 0 N–H and O–H groups in total. The molecular formula is C27H16N2O2. The van der Waals surface area contributed by atoms with Gasteiger partial charge in [-0.1, -0.05) is 41.9 Å². The third-order valence-electron chi connectivity index (χ3n) is 4.64. The summed E-state index contributed by atoms with van der Waals surface area (Å²) >= 11 is 0. The lowest BCUT2D eigenvalue weighted by molar-refractivity contribution is 0.174. The van der Waals surface area contributed by atoms with Crippen LogP contribution in [-0.4, -0.2) is 16.8 Å². The maximum atomic E-state index is 5.38. The van der Waals surface area contributed by atoms with Crippen LogP contribution < -0.4 is 9.47 Å². The minimum absolute atomic E-state index is 0.256. The van der Waals surface area contributed by atoms with Crippen molar-refractivity contribution in [2.45, 2.75) is 0 Å². The zero-order chi connectivity index (χ0) is 20.9. The molecule has 146 valence electrons. The van der Waals surface area contributed by atoms with Gasteiger partial charge in [0.15, 0.2) is 11.5 Å². The minimum atomic E-state index is 0.256. The molecule has 0 saturated heterocycles. The third kappa shape index (κ3) is 4.40. The van der Waals surface area contributed by atoms with Crippen LogP contribution in [0.2, 0.25) is 0 Å². The Morgan fingerprint density at radius 1 is 0.548 bits per heavy atom. The topological polar surface area (TPSA) is 44.2 Å². The second-order valence-electron chi connectivity index (χ2n) is 6.80. The first-order valence-corrected chi connectivity index (χ1v) is 9.75. The average molecular weight is 400 g/mol. The van der Waals surface area contributed by atoms with E-state index in [1.165, 1.54) is 0 Å². The van der Waals surface area contributed by atoms with Crippen LogP contribution in [0.15, 0.2) is 85.2 Å². The number of rotatable bonds is 1. The number of hydrogen-bond donors (Lipinski definition) is 0. The van der Waals surface area contributed by atoms with Gasteiger partial charge in [0.1, 0.15) is 0 Å². The molecule has 3 heterocycles. The van der Waals surface area contributed by atoms with E-state index in [4.69, 9.17) is 9.47 Å². The SMILES string of the molecule is C(#Cc1ccc(-c2ccc(C#Cc3ccc4c(c3)OCO4)cn2)nc1)c1ccccc1. The van der Waals surface area contributed by atoms with E-state index in [1.54, 1.807) is 12.4 Å². The van der Waals surface area contributed by atoms with E-state index in [0.717, 1.165) is 45.1 Å². The molecule has 0 saturated carbocycles. The summed E-state index contributed by atoms with van der Waals surface area (Å²) in [5.41, 5.74) is 5.11. The fourth-order valence-electron chi connectivity index (χ4n) is 3.02. The van der Waals surface area contributed by atoms with Gasteiger partial charge in [-0.3, -0.25) is 9.97 Å². The Balaban J connectivity index is 1.29. The van der Waals surface area contributed by atoms with Gasteiger partial charge in [-0.15, -0.1) is 0 Å². The van der Waals surface area contributed by atoms with Crippen LogP contribution in [0.4, 0.5) is 0 Å². The van der Waals surface area contributed by atoms with Crippen molar-refractivity contribution in [3.63, 3.8) is 0 Å². The molecule has 2 aromatic heterocycles. The van der Waals surface area contributed by atoms with E-state index >= 15 is 0 Å². The Hall–Kier alpha value is -4.54. The number of aromatic nitrogens is 2. The number of nitrogens with zero attached hydrogens (tertiary/aromatic N) is 2. The molecule has 0 amide bonds. The predicted molar refractivity (Wildman–Crippen MR) is 118 cm³/mol. The van der Waals surface area contributed by atoms with Crippen molar-refractivity contribution in [3.05, 3.63) is 107 Å². The molecule has 0 atom stereocenters. The van der Waals surface area contributed by atoms with E-state index in [-0.39, 0.29) is 6.79 Å². The normalized spacial score (nSPS) is 11.1. The molecule has 0 spiro atoms. The van der Waals surface area contributed by atoms with Gasteiger partial charge in [0.2, 0.25) is 6.79 Å². The molecule has 4 aromatic rings. The summed E-state index contributed by atoms with van der Waals surface area (Å²) in [6.07, 6.45) is 3.51. The Labute approximate surface area is 180 Å². The van der Waals surface area contributed by atoms with Gasteiger partial charge in [0.05, 0.1) is 11.4 Å². The average Bonchev–Trinajstić information content (AvgIpc) is 3.31. The summed E-state index contributed by atoms with van der Waals surface area (Å²) in [7, 11) is 0. The van der Waals surface area contributed by atoms with Gasteiger partial charge in [-0.25, -0.2) is 0 Å². The van der Waals surface area contributed by atoms with Crippen molar-refractivity contribution in [1.29, 1.82) is 0 Å². The number of pyridine rings is 2. The predicted octanol–water partition coefficient (Wildman–Crippen LogP) is 4.67. The molecule has 1 aliphatic heterocycles. The van der Waals surface area contributed by atoms with E-state index in [2.05, 4.69) is 33.6 Å². The lowest BCUT2D eigenvalue weighted by Gasteiger charge is -2.00. The van der Waals surface area contributed by atoms with Crippen LogP contribution in [0.3, 0.4) is 0 Å². The van der Waals surface area contributed by atoms with Gasteiger partial charge in [-0.05, 0) is 54.6 Å². The Bertz CT molecular complexity index is 1340. The summed E-state index contributed by atoms with van der Waals surface area (Å²) < 4.78 is 10.7. The molecule has 4 heteroatoms. The fraction of sp³-hybridized carbons (Fsp3) is 0.0370. The van der Waals surface area contributed by atoms with Crippen molar-refractivity contribution in [2.75, 3.05) is 6.79 Å². The molecule has 2 aromatic carbocycles. The van der Waals surface area contributed by atoms with Crippen LogP contribution in [0, 0.1) is 23.7 Å². The largest absolute Gasteiger partial charge is 0.454 e. The smallest absolute Gasteiger partial charge is 0.231 e. The Morgan fingerprint density at radius 3 is 1.77 bits per heavy atom. The van der Waals surface area contributed by atoms with Crippen LogP contribution in [0.5, 0.6) is 11.5 Å². The van der Waals surface area contributed by atoms with Gasteiger partial charge >= 0.3 is 0 Å². The van der Waals surface area contributed by atoms with Crippen molar-refractivity contribution >= 4 is 0 Å². The minimum Gasteiger partial charge on any atom is -0.454 e. The molecule has 0 unspecified atom stereocenters. The summed E-state index contributed by atoms with van der Waals surface area (Å²) in [6.45, 7) is 0.256. The standard InChI is InChI=1S/C27H16N2O2/c1-2-4-20(5-3-1)6-8-22-10-13-24(28-17-22)25-14-11-23(18-29-25)9-7-21-12-15-26-27(16-21)31-19-30-26/h1-5,10-18H,19H2. The molecule has 5 rings (SSSR count). The van der Waals surface area contributed by atoms with Gasteiger partial charge in [0, 0.05) is 34.6 Å². The molecule has 0 bridgehead atoms. The van der Waals surface area contributed by atoms with Crippen LogP contribution in [0.1, 0.15) is 22.3 Å². The highest BCUT2D eigenvalue weighted by Gasteiger charge is 2.12. The zero-order valence-electron chi connectivity index (χ0n) is 16.5. The van der Waals surface area contributed by atoms with E-state index < -0.39 is 0 Å². The lowest BCUT2D eigenvalue weighted by Crippen LogP contribution is -1.92.